The first kappa shape index (κ1) is 14.5. The molecule has 0 saturated heterocycles. The van der Waals surface area contributed by atoms with Gasteiger partial charge in [0.2, 0.25) is 5.95 Å². The van der Waals surface area contributed by atoms with Gasteiger partial charge in [0, 0.05) is 5.56 Å². The highest BCUT2D eigenvalue weighted by atomic mass is 16.5. The third kappa shape index (κ3) is 3.56. The van der Waals surface area contributed by atoms with Crippen molar-refractivity contribution in [1.82, 2.24) is 15.2 Å². The van der Waals surface area contributed by atoms with Gasteiger partial charge in [-0.2, -0.15) is 5.10 Å². The minimum Gasteiger partial charge on any atom is -0.497 e. The number of nitrogens with one attached hydrogen (secondary N) is 2. The highest BCUT2D eigenvalue weighted by Gasteiger charge is 2.03. The second kappa shape index (κ2) is 6.51. The Kier molecular flexibility index (Phi) is 4.50. The maximum atomic E-state index is 11.4. The van der Waals surface area contributed by atoms with E-state index in [1.807, 2.05) is 0 Å². The van der Waals surface area contributed by atoms with Gasteiger partial charge in [-0.3, -0.25) is 9.78 Å². The van der Waals surface area contributed by atoms with E-state index in [2.05, 4.69) is 25.7 Å². The molecule has 0 aliphatic rings. The van der Waals surface area contributed by atoms with E-state index in [0.29, 0.717) is 22.8 Å². The summed E-state index contributed by atoms with van der Waals surface area (Å²) in [4.78, 5) is 13.9. The van der Waals surface area contributed by atoms with E-state index in [-0.39, 0.29) is 11.5 Å². The minimum atomic E-state index is -0.318. The molecular formula is C13H15N5O3. The summed E-state index contributed by atoms with van der Waals surface area (Å²) in [6, 6.07) is 5.33. The molecule has 0 amide bonds. The van der Waals surface area contributed by atoms with Crippen molar-refractivity contribution in [2.75, 3.05) is 19.6 Å². The molecule has 2 aromatic rings. The van der Waals surface area contributed by atoms with Crippen molar-refractivity contribution >= 4 is 12.2 Å². The molecule has 2 N–H and O–H groups in total. The van der Waals surface area contributed by atoms with Crippen LogP contribution in [-0.4, -0.2) is 35.6 Å². The summed E-state index contributed by atoms with van der Waals surface area (Å²) in [5, 5.41) is 11.4. The van der Waals surface area contributed by atoms with Crippen LogP contribution in [0.15, 0.2) is 28.1 Å². The number of nitrogens with zero attached hydrogens (tertiary/aromatic N) is 3. The van der Waals surface area contributed by atoms with Gasteiger partial charge in [-0.1, -0.05) is 0 Å². The molecule has 1 aromatic carbocycles. The Morgan fingerprint density at radius 1 is 1.29 bits per heavy atom. The van der Waals surface area contributed by atoms with Gasteiger partial charge in [0.25, 0.3) is 5.56 Å². The van der Waals surface area contributed by atoms with Gasteiger partial charge in [0.15, 0.2) is 0 Å². The molecule has 21 heavy (non-hydrogen) atoms. The topological polar surface area (TPSA) is 101 Å². The number of hydrazone groups is 1. The molecule has 0 aliphatic heterocycles. The van der Waals surface area contributed by atoms with Crippen LogP contribution in [0.25, 0.3) is 0 Å². The van der Waals surface area contributed by atoms with Gasteiger partial charge >= 0.3 is 0 Å². The van der Waals surface area contributed by atoms with Gasteiger partial charge in [0.05, 0.1) is 20.4 Å². The van der Waals surface area contributed by atoms with Crippen LogP contribution in [0, 0.1) is 6.92 Å². The smallest absolute Gasteiger partial charge is 0.274 e. The van der Waals surface area contributed by atoms with Crippen molar-refractivity contribution in [2.24, 2.45) is 5.10 Å². The van der Waals surface area contributed by atoms with Crippen molar-refractivity contribution < 1.29 is 9.47 Å². The number of hydrogen-bond donors (Lipinski definition) is 2. The summed E-state index contributed by atoms with van der Waals surface area (Å²) in [7, 11) is 3.14. The quantitative estimate of drug-likeness (QED) is 0.627. The lowest BCUT2D eigenvalue weighted by Gasteiger charge is -2.06. The van der Waals surface area contributed by atoms with Gasteiger partial charge in [-0.15, -0.1) is 10.2 Å². The molecular weight excluding hydrogens is 274 g/mol. The second-order valence-corrected chi connectivity index (χ2v) is 4.07. The van der Waals surface area contributed by atoms with Crippen LogP contribution in [0.5, 0.6) is 11.5 Å². The molecule has 0 fully saturated rings. The van der Waals surface area contributed by atoms with Crippen LogP contribution in [0.4, 0.5) is 5.95 Å². The highest BCUT2D eigenvalue weighted by Crippen LogP contribution is 2.22. The third-order valence-corrected chi connectivity index (χ3v) is 2.67. The molecule has 0 radical (unpaired) electrons. The van der Waals surface area contributed by atoms with Crippen LogP contribution in [-0.2, 0) is 0 Å². The van der Waals surface area contributed by atoms with Gasteiger partial charge in [-0.05, 0) is 25.1 Å². The summed E-state index contributed by atoms with van der Waals surface area (Å²) in [5.41, 5.74) is 3.28. The lowest BCUT2D eigenvalue weighted by atomic mass is 10.2. The summed E-state index contributed by atoms with van der Waals surface area (Å²) in [5.74, 6) is 1.48. The predicted octanol–water partition coefficient (Wildman–Crippen LogP) is 0.937. The second-order valence-electron chi connectivity index (χ2n) is 4.07. The molecule has 1 heterocycles. The first-order valence-electron chi connectivity index (χ1n) is 6.08. The van der Waals surface area contributed by atoms with Crippen molar-refractivity contribution in [3.8, 4) is 11.5 Å². The van der Waals surface area contributed by atoms with E-state index in [1.165, 1.54) is 6.21 Å². The van der Waals surface area contributed by atoms with Crippen LogP contribution in [0.1, 0.15) is 11.3 Å². The number of aryl methyl sites for hydroxylation is 1. The van der Waals surface area contributed by atoms with E-state index in [4.69, 9.17) is 9.47 Å². The number of anilines is 1. The van der Waals surface area contributed by atoms with Crippen LogP contribution >= 0.6 is 0 Å². The number of aromatic nitrogens is 3. The maximum Gasteiger partial charge on any atom is 0.274 e. The van der Waals surface area contributed by atoms with E-state index in [1.54, 1.807) is 39.3 Å². The zero-order valence-corrected chi connectivity index (χ0v) is 11.9. The molecule has 2 rings (SSSR count). The number of aromatic amines is 1. The van der Waals surface area contributed by atoms with E-state index in [9.17, 15) is 4.79 Å². The average Bonchev–Trinajstić information content (AvgIpc) is 2.50. The van der Waals surface area contributed by atoms with E-state index in [0.717, 1.165) is 0 Å². The fraction of sp³-hybridized carbons (Fsp3) is 0.231. The Hall–Kier alpha value is -2.90. The third-order valence-electron chi connectivity index (χ3n) is 2.67. The number of methoxy groups -OCH3 is 2. The normalized spacial score (nSPS) is 10.6. The van der Waals surface area contributed by atoms with Crippen LogP contribution < -0.4 is 20.5 Å². The Bertz CT molecular complexity index is 711. The number of hydrogen-bond acceptors (Lipinski definition) is 7. The fourth-order valence-corrected chi connectivity index (χ4v) is 1.55. The SMILES string of the molecule is COc1ccc(OC)c(/C=N/Nc2nnc(C)c(=O)[nH]2)c1. The van der Waals surface area contributed by atoms with Gasteiger partial charge in [0.1, 0.15) is 17.2 Å². The maximum absolute atomic E-state index is 11.4. The molecule has 0 spiro atoms. The Morgan fingerprint density at radius 3 is 2.76 bits per heavy atom. The molecule has 0 unspecified atom stereocenters. The predicted molar refractivity (Wildman–Crippen MR) is 78.2 cm³/mol. The summed E-state index contributed by atoms with van der Waals surface area (Å²) < 4.78 is 10.4. The van der Waals surface area contributed by atoms with Crippen LogP contribution in [0.3, 0.4) is 0 Å². The average molecular weight is 289 g/mol. The Morgan fingerprint density at radius 2 is 2.10 bits per heavy atom. The number of benzene rings is 1. The summed E-state index contributed by atoms with van der Waals surface area (Å²) in [6.07, 6.45) is 1.53. The molecule has 8 heteroatoms. The largest absolute Gasteiger partial charge is 0.497 e. The zero-order valence-electron chi connectivity index (χ0n) is 11.9. The highest BCUT2D eigenvalue weighted by molar-refractivity contribution is 5.84. The van der Waals surface area contributed by atoms with Crippen molar-refractivity contribution in [2.45, 2.75) is 6.92 Å². The minimum absolute atomic E-state index is 0.156. The molecule has 110 valence electrons. The van der Waals surface area contributed by atoms with Gasteiger partial charge < -0.3 is 9.47 Å². The number of H-pyrrole nitrogens is 1. The standard InChI is InChI=1S/C13H15N5O3/c1-8-12(19)15-13(18-16-8)17-14-7-9-6-10(20-2)4-5-11(9)21-3/h4-7H,1-3H3,(H2,15,17,18,19)/b14-7+. The Labute approximate surface area is 120 Å². The Balaban J connectivity index is 2.17. The summed E-state index contributed by atoms with van der Waals surface area (Å²) >= 11 is 0. The van der Waals surface area contributed by atoms with E-state index >= 15 is 0 Å². The number of rotatable bonds is 5. The molecule has 0 bridgehead atoms. The van der Waals surface area contributed by atoms with Crippen molar-refractivity contribution in [1.29, 1.82) is 0 Å². The fourth-order valence-electron chi connectivity index (χ4n) is 1.55. The summed E-state index contributed by atoms with van der Waals surface area (Å²) in [6.45, 7) is 1.57. The molecule has 1 aromatic heterocycles. The van der Waals surface area contributed by atoms with Gasteiger partial charge in [-0.25, -0.2) is 5.43 Å². The zero-order chi connectivity index (χ0) is 15.2. The lowest BCUT2D eigenvalue weighted by molar-refractivity contribution is 0.402. The van der Waals surface area contributed by atoms with Crippen molar-refractivity contribution in [3.05, 3.63) is 39.8 Å². The first-order chi connectivity index (χ1) is 10.1. The molecule has 0 saturated carbocycles. The monoisotopic (exact) mass is 289 g/mol. The molecule has 0 atom stereocenters. The lowest BCUT2D eigenvalue weighted by Crippen LogP contribution is -2.15. The first-order valence-corrected chi connectivity index (χ1v) is 6.08. The van der Waals surface area contributed by atoms with Crippen LogP contribution in [0.2, 0.25) is 0 Å². The molecule has 8 nitrogen and oxygen atoms in total. The van der Waals surface area contributed by atoms with E-state index < -0.39 is 0 Å². The molecule has 0 aliphatic carbocycles. The van der Waals surface area contributed by atoms with Crippen molar-refractivity contribution in [3.63, 3.8) is 0 Å². The number of ether oxygens (including phenoxy) is 2.